The maximum absolute atomic E-state index is 12.6. The first-order valence-corrected chi connectivity index (χ1v) is 4.44. The summed E-state index contributed by atoms with van der Waals surface area (Å²) in [5, 5.41) is 9.86. The molecule has 0 radical (unpaired) electrons. The van der Waals surface area contributed by atoms with Gasteiger partial charge in [-0.15, -0.1) is 0 Å². The van der Waals surface area contributed by atoms with Crippen molar-refractivity contribution < 1.29 is 8.78 Å². The van der Waals surface area contributed by atoms with Crippen LogP contribution in [0.25, 0.3) is 10.8 Å². The van der Waals surface area contributed by atoms with Gasteiger partial charge in [0.1, 0.15) is 0 Å². The van der Waals surface area contributed by atoms with Crippen molar-refractivity contribution in [2.45, 2.75) is 6.43 Å². The summed E-state index contributed by atoms with van der Waals surface area (Å²) in [6, 6.07) is 11.5. The predicted octanol–water partition coefficient (Wildman–Crippen LogP) is 3.65. The van der Waals surface area contributed by atoms with Crippen LogP contribution in [0.2, 0.25) is 0 Å². The fraction of sp³-hybridized carbons (Fsp3) is 0.0833. The van der Waals surface area contributed by atoms with Gasteiger partial charge < -0.3 is 0 Å². The summed E-state index contributed by atoms with van der Waals surface area (Å²) in [6.07, 6.45) is -2.51. The quantitative estimate of drug-likeness (QED) is 0.694. The van der Waals surface area contributed by atoms with Crippen molar-refractivity contribution in [3.63, 3.8) is 0 Å². The third-order valence-electron chi connectivity index (χ3n) is 2.31. The smallest absolute Gasteiger partial charge is 0.205 e. The van der Waals surface area contributed by atoms with E-state index in [2.05, 4.69) is 0 Å². The number of hydrogen-bond donors (Lipinski definition) is 0. The number of rotatable bonds is 1. The Balaban J connectivity index is 2.84. The average molecular weight is 203 g/mol. The van der Waals surface area contributed by atoms with Crippen molar-refractivity contribution in [3.05, 3.63) is 47.5 Å². The van der Waals surface area contributed by atoms with Gasteiger partial charge in [-0.1, -0.05) is 30.3 Å². The molecule has 0 heterocycles. The van der Waals surface area contributed by atoms with Crippen LogP contribution in [0.3, 0.4) is 0 Å². The van der Waals surface area contributed by atoms with Crippen molar-refractivity contribution >= 4 is 10.8 Å². The number of benzene rings is 2. The Morgan fingerprint density at radius 3 is 2.33 bits per heavy atom. The van der Waals surface area contributed by atoms with E-state index < -0.39 is 6.43 Å². The lowest BCUT2D eigenvalue weighted by atomic mass is 10.0. The Morgan fingerprint density at radius 1 is 1.00 bits per heavy atom. The summed E-state index contributed by atoms with van der Waals surface area (Å²) in [5.41, 5.74) is 0.402. The summed E-state index contributed by atoms with van der Waals surface area (Å²) < 4.78 is 25.3. The minimum absolute atomic E-state index is 0.0235. The van der Waals surface area contributed by atoms with Gasteiger partial charge in [0, 0.05) is 5.56 Å². The predicted molar refractivity (Wildman–Crippen MR) is 53.6 cm³/mol. The van der Waals surface area contributed by atoms with Gasteiger partial charge >= 0.3 is 0 Å². The first-order valence-electron chi connectivity index (χ1n) is 4.44. The van der Waals surface area contributed by atoms with Gasteiger partial charge in [-0.05, 0) is 16.8 Å². The Hall–Kier alpha value is -1.95. The van der Waals surface area contributed by atoms with Gasteiger partial charge in [0.05, 0.1) is 11.6 Å². The second-order valence-electron chi connectivity index (χ2n) is 3.16. The van der Waals surface area contributed by atoms with Crippen LogP contribution in [0.1, 0.15) is 17.6 Å². The lowest BCUT2D eigenvalue weighted by molar-refractivity contribution is 0.153. The van der Waals surface area contributed by atoms with Crippen molar-refractivity contribution in [1.29, 1.82) is 5.26 Å². The zero-order valence-electron chi connectivity index (χ0n) is 7.74. The van der Waals surface area contributed by atoms with E-state index in [-0.39, 0.29) is 5.56 Å². The summed E-state index contributed by atoms with van der Waals surface area (Å²) >= 11 is 0. The van der Waals surface area contributed by atoms with E-state index in [0.29, 0.717) is 16.3 Å². The first kappa shape index (κ1) is 9.60. The Bertz CT molecular complexity index is 541. The molecule has 0 amide bonds. The Morgan fingerprint density at radius 2 is 1.67 bits per heavy atom. The SMILES string of the molecule is N#Cc1cccc2c(C(F)F)cccc12. The molecule has 0 bridgehead atoms. The minimum Gasteiger partial charge on any atom is -0.205 e. The molecule has 2 rings (SSSR count). The van der Waals surface area contributed by atoms with Crippen molar-refractivity contribution in [2.75, 3.05) is 0 Å². The lowest BCUT2D eigenvalue weighted by Gasteiger charge is -2.05. The van der Waals surface area contributed by atoms with Crippen molar-refractivity contribution in [2.24, 2.45) is 0 Å². The highest BCUT2D eigenvalue weighted by atomic mass is 19.3. The molecular formula is C12H7F2N. The average Bonchev–Trinajstić information content (AvgIpc) is 2.27. The third-order valence-corrected chi connectivity index (χ3v) is 2.31. The number of nitriles is 1. The fourth-order valence-corrected chi connectivity index (χ4v) is 1.62. The normalized spacial score (nSPS) is 10.5. The van der Waals surface area contributed by atoms with E-state index in [1.807, 2.05) is 6.07 Å². The monoisotopic (exact) mass is 203 g/mol. The van der Waals surface area contributed by atoms with Crippen molar-refractivity contribution in [3.8, 4) is 6.07 Å². The maximum atomic E-state index is 12.6. The largest absolute Gasteiger partial charge is 0.264 e. The molecule has 0 N–H and O–H groups in total. The molecule has 0 aliphatic heterocycles. The molecule has 0 fully saturated rings. The topological polar surface area (TPSA) is 23.8 Å². The zero-order chi connectivity index (χ0) is 10.8. The van der Waals surface area contributed by atoms with Gasteiger partial charge in [-0.2, -0.15) is 5.26 Å². The highest BCUT2D eigenvalue weighted by molar-refractivity contribution is 5.90. The van der Waals surface area contributed by atoms with Gasteiger partial charge in [0.15, 0.2) is 0 Å². The van der Waals surface area contributed by atoms with E-state index in [9.17, 15) is 8.78 Å². The van der Waals surface area contributed by atoms with Crippen LogP contribution < -0.4 is 0 Å². The van der Waals surface area contributed by atoms with E-state index in [4.69, 9.17) is 5.26 Å². The van der Waals surface area contributed by atoms with Gasteiger partial charge in [0.25, 0.3) is 6.43 Å². The molecular weight excluding hydrogens is 196 g/mol. The molecule has 0 spiro atoms. The molecule has 3 heteroatoms. The molecule has 0 aliphatic rings. The van der Waals surface area contributed by atoms with Crippen molar-refractivity contribution in [1.82, 2.24) is 0 Å². The molecule has 0 aromatic heterocycles. The van der Waals surface area contributed by atoms with E-state index >= 15 is 0 Å². The molecule has 0 saturated heterocycles. The standard InChI is InChI=1S/C12H7F2N/c13-12(14)11-6-2-4-9-8(7-15)3-1-5-10(9)11/h1-6,12H. The molecule has 1 nitrogen and oxygen atoms in total. The molecule has 0 aliphatic carbocycles. The summed E-state index contributed by atoms with van der Waals surface area (Å²) in [4.78, 5) is 0. The van der Waals surface area contributed by atoms with Crippen LogP contribution in [0, 0.1) is 11.3 Å². The molecule has 15 heavy (non-hydrogen) atoms. The summed E-state index contributed by atoms with van der Waals surface area (Å²) in [6.45, 7) is 0. The first-order chi connectivity index (χ1) is 7.24. The molecule has 0 unspecified atom stereocenters. The minimum atomic E-state index is -2.51. The Kier molecular flexibility index (Phi) is 2.34. The van der Waals surface area contributed by atoms with Gasteiger partial charge in [-0.25, -0.2) is 8.78 Å². The fourth-order valence-electron chi connectivity index (χ4n) is 1.62. The molecule has 0 saturated carbocycles. The van der Waals surface area contributed by atoms with E-state index in [1.165, 1.54) is 6.07 Å². The van der Waals surface area contributed by atoms with Crippen LogP contribution in [-0.2, 0) is 0 Å². The van der Waals surface area contributed by atoms with Crippen LogP contribution >= 0.6 is 0 Å². The van der Waals surface area contributed by atoms with E-state index in [0.717, 1.165) is 0 Å². The summed E-state index contributed by atoms with van der Waals surface area (Å²) in [7, 11) is 0. The number of hydrogen-bond acceptors (Lipinski definition) is 1. The Labute approximate surface area is 85.6 Å². The third kappa shape index (κ3) is 1.55. The second-order valence-corrected chi connectivity index (χ2v) is 3.16. The molecule has 74 valence electrons. The highest BCUT2D eigenvalue weighted by Crippen LogP contribution is 2.28. The number of fused-ring (bicyclic) bond motifs is 1. The van der Waals surface area contributed by atoms with E-state index in [1.54, 1.807) is 30.3 Å². The molecule has 2 aromatic carbocycles. The zero-order valence-corrected chi connectivity index (χ0v) is 7.74. The number of halogens is 2. The second kappa shape index (κ2) is 3.66. The number of nitrogens with zero attached hydrogens (tertiary/aromatic N) is 1. The van der Waals surface area contributed by atoms with Gasteiger partial charge in [-0.3, -0.25) is 0 Å². The van der Waals surface area contributed by atoms with Crippen LogP contribution in [0.5, 0.6) is 0 Å². The molecule has 2 aromatic rings. The number of alkyl halides is 2. The highest BCUT2D eigenvalue weighted by Gasteiger charge is 2.11. The summed E-state index contributed by atoms with van der Waals surface area (Å²) in [5.74, 6) is 0. The van der Waals surface area contributed by atoms with Crippen LogP contribution in [-0.4, -0.2) is 0 Å². The van der Waals surface area contributed by atoms with Gasteiger partial charge in [0.2, 0.25) is 0 Å². The van der Waals surface area contributed by atoms with Crippen LogP contribution in [0.4, 0.5) is 8.78 Å². The maximum Gasteiger partial charge on any atom is 0.264 e. The molecule has 0 atom stereocenters. The lowest BCUT2D eigenvalue weighted by Crippen LogP contribution is -1.88. The van der Waals surface area contributed by atoms with Crippen LogP contribution in [0.15, 0.2) is 36.4 Å².